The van der Waals surface area contributed by atoms with E-state index in [1.165, 1.54) is 37.7 Å². The normalized spacial score (nSPS) is 41.2. The van der Waals surface area contributed by atoms with E-state index in [0.29, 0.717) is 0 Å². The lowest BCUT2D eigenvalue weighted by atomic mass is 9.79. The van der Waals surface area contributed by atoms with Gasteiger partial charge in [0.1, 0.15) is 0 Å². The predicted octanol–water partition coefficient (Wildman–Crippen LogP) is 3.00. The van der Waals surface area contributed by atoms with E-state index in [1.807, 2.05) is 18.5 Å². The molecule has 0 amide bonds. The number of hydrogen-bond donors (Lipinski definition) is 1. The molecule has 4 rings (SSSR count). The first-order chi connectivity index (χ1) is 8.92. The minimum Gasteiger partial charge on any atom is -0.310 e. The molecule has 3 aliphatic carbocycles. The second-order valence-electron chi connectivity index (χ2n) is 6.50. The molecule has 0 spiro atoms. The van der Waals surface area contributed by atoms with Crippen molar-refractivity contribution in [2.45, 2.75) is 44.7 Å². The van der Waals surface area contributed by atoms with Gasteiger partial charge < -0.3 is 5.32 Å². The van der Waals surface area contributed by atoms with E-state index >= 15 is 0 Å². The Balaban J connectivity index is 1.40. The van der Waals surface area contributed by atoms with Crippen LogP contribution in [0.5, 0.6) is 0 Å². The van der Waals surface area contributed by atoms with Crippen LogP contribution in [0.4, 0.5) is 0 Å². The van der Waals surface area contributed by atoms with Gasteiger partial charge in [0.05, 0.1) is 0 Å². The van der Waals surface area contributed by atoms with Gasteiger partial charge in [-0.15, -0.1) is 0 Å². The molecule has 1 aromatic rings. The van der Waals surface area contributed by atoms with Crippen molar-refractivity contribution < 1.29 is 0 Å². The second kappa shape index (κ2) is 4.34. The first kappa shape index (κ1) is 11.0. The third-order valence-electron chi connectivity index (χ3n) is 5.72. The highest BCUT2D eigenvalue weighted by Gasteiger charge is 2.53. The Labute approximate surface area is 109 Å². The zero-order chi connectivity index (χ0) is 11.9. The van der Waals surface area contributed by atoms with Gasteiger partial charge in [-0.1, -0.05) is 12.5 Å². The Hall–Kier alpha value is -0.890. The Morgan fingerprint density at radius 1 is 1.17 bits per heavy atom. The van der Waals surface area contributed by atoms with Crippen LogP contribution in [0.1, 0.15) is 37.7 Å². The quantitative estimate of drug-likeness (QED) is 0.881. The van der Waals surface area contributed by atoms with Gasteiger partial charge in [-0.05, 0) is 61.0 Å². The van der Waals surface area contributed by atoms with Gasteiger partial charge in [-0.3, -0.25) is 4.98 Å². The van der Waals surface area contributed by atoms with Gasteiger partial charge in [-0.25, -0.2) is 0 Å². The molecule has 5 atom stereocenters. The zero-order valence-electron chi connectivity index (χ0n) is 10.9. The molecule has 0 radical (unpaired) electrons. The Morgan fingerprint density at radius 3 is 3.00 bits per heavy atom. The zero-order valence-corrected chi connectivity index (χ0v) is 10.9. The number of hydrogen-bond acceptors (Lipinski definition) is 2. The minimum absolute atomic E-state index is 0.787. The molecule has 2 nitrogen and oxygen atoms in total. The number of fused-ring (bicyclic) bond motifs is 5. The summed E-state index contributed by atoms with van der Waals surface area (Å²) in [6.45, 7) is 0.999. The summed E-state index contributed by atoms with van der Waals surface area (Å²) in [5, 5.41) is 3.80. The number of rotatable bonds is 3. The molecule has 2 unspecified atom stereocenters. The van der Waals surface area contributed by atoms with Crippen LogP contribution in [0.3, 0.4) is 0 Å². The fourth-order valence-corrected chi connectivity index (χ4v) is 5.05. The van der Waals surface area contributed by atoms with Gasteiger partial charge in [0.25, 0.3) is 0 Å². The topological polar surface area (TPSA) is 24.9 Å². The SMILES string of the molecule is c1cncc(CN[C@H]2CC3CC2[C@H]2CCC[C@@H]32)c1. The van der Waals surface area contributed by atoms with Crippen LogP contribution in [0.2, 0.25) is 0 Å². The summed E-state index contributed by atoms with van der Waals surface area (Å²) in [5.41, 5.74) is 1.32. The molecule has 3 fully saturated rings. The molecule has 0 aromatic carbocycles. The Bertz CT molecular complexity index is 416. The number of pyridine rings is 1. The number of aromatic nitrogens is 1. The van der Waals surface area contributed by atoms with Crippen LogP contribution < -0.4 is 5.32 Å². The summed E-state index contributed by atoms with van der Waals surface area (Å²) >= 11 is 0. The molecule has 0 saturated heterocycles. The molecule has 1 heterocycles. The van der Waals surface area contributed by atoms with Crippen molar-refractivity contribution in [2.24, 2.45) is 23.7 Å². The van der Waals surface area contributed by atoms with Crippen LogP contribution >= 0.6 is 0 Å². The fourth-order valence-electron chi connectivity index (χ4n) is 5.05. The van der Waals surface area contributed by atoms with Crippen molar-refractivity contribution >= 4 is 0 Å². The first-order valence-corrected chi connectivity index (χ1v) is 7.54. The molecule has 1 N–H and O–H groups in total. The van der Waals surface area contributed by atoms with Crippen molar-refractivity contribution in [3.05, 3.63) is 30.1 Å². The van der Waals surface area contributed by atoms with Gasteiger partial charge >= 0.3 is 0 Å². The highest BCUT2D eigenvalue weighted by molar-refractivity contribution is 5.10. The third kappa shape index (κ3) is 1.70. The molecule has 0 aliphatic heterocycles. The summed E-state index contributed by atoms with van der Waals surface area (Å²) in [7, 11) is 0. The van der Waals surface area contributed by atoms with Gasteiger partial charge in [-0.2, -0.15) is 0 Å². The molecular weight excluding hydrogens is 220 g/mol. The van der Waals surface area contributed by atoms with Gasteiger partial charge in [0.15, 0.2) is 0 Å². The lowest BCUT2D eigenvalue weighted by Gasteiger charge is -2.32. The smallest absolute Gasteiger partial charge is 0.0312 e. The maximum absolute atomic E-state index is 4.19. The molecule has 3 saturated carbocycles. The monoisotopic (exact) mass is 242 g/mol. The fraction of sp³-hybridized carbons (Fsp3) is 0.688. The molecule has 18 heavy (non-hydrogen) atoms. The van der Waals surface area contributed by atoms with E-state index in [4.69, 9.17) is 0 Å². The van der Waals surface area contributed by atoms with Crippen LogP contribution in [-0.4, -0.2) is 11.0 Å². The Morgan fingerprint density at radius 2 is 2.11 bits per heavy atom. The van der Waals surface area contributed by atoms with Crippen LogP contribution in [-0.2, 0) is 6.54 Å². The van der Waals surface area contributed by atoms with Crippen molar-refractivity contribution in [1.29, 1.82) is 0 Å². The number of nitrogens with one attached hydrogen (secondary N) is 1. The van der Waals surface area contributed by atoms with E-state index in [-0.39, 0.29) is 0 Å². The highest BCUT2D eigenvalue weighted by Crippen LogP contribution is 2.58. The molecule has 2 heteroatoms. The van der Waals surface area contributed by atoms with E-state index < -0.39 is 0 Å². The van der Waals surface area contributed by atoms with E-state index in [0.717, 1.165) is 36.3 Å². The average Bonchev–Trinajstić information content (AvgIpc) is 3.09. The summed E-state index contributed by atoms with van der Waals surface area (Å²) in [5.74, 6) is 4.20. The highest BCUT2D eigenvalue weighted by atomic mass is 14.9. The van der Waals surface area contributed by atoms with E-state index in [1.54, 1.807) is 0 Å². The summed E-state index contributed by atoms with van der Waals surface area (Å²) < 4.78 is 0. The third-order valence-corrected chi connectivity index (χ3v) is 5.72. The van der Waals surface area contributed by atoms with Gasteiger partial charge in [0, 0.05) is 25.0 Å². The van der Waals surface area contributed by atoms with Crippen LogP contribution in [0.25, 0.3) is 0 Å². The van der Waals surface area contributed by atoms with Crippen molar-refractivity contribution in [1.82, 2.24) is 10.3 Å². The van der Waals surface area contributed by atoms with Crippen LogP contribution in [0.15, 0.2) is 24.5 Å². The van der Waals surface area contributed by atoms with Crippen LogP contribution in [0, 0.1) is 23.7 Å². The standard InChI is InChI=1S/C16H22N2/c1-4-13-12-7-15(14(13)5-1)16(8-12)18-10-11-3-2-6-17-9-11/h2-3,6,9,12-16,18H,1,4-5,7-8,10H2/t12?,13-,14-,15?,16-/m0/s1. The molecule has 1 aromatic heterocycles. The predicted molar refractivity (Wildman–Crippen MR) is 71.9 cm³/mol. The summed E-state index contributed by atoms with van der Waals surface area (Å²) in [6.07, 6.45) is 11.3. The lowest BCUT2D eigenvalue weighted by molar-refractivity contribution is 0.208. The Kier molecular flexibility index (Phi) is 2.65. The molecular formula is C16H22N2. The second-order valence-corrected chi connectivity index (χ2v) is 6.50. The maximum Gasteiger partial charge on any atom is 0.0312 e. The molecule has 96 valence electrons. The minimum atomic E-state index is 0.787. The van der Waals surface area contributed by atoms with E-state index in [9.17, 15) is 0 Å². The summed E-state index contributed by atoms with van der Waals surface area (Å²) in [4.78, 5) is 4.19. The summed E-state index contributed by atoms with van der Waals surface area (Å²) in [6, 6.07) is 4.99. The van der Waals surface area contributed by atoms with Gasteiger partial charge in [0.2, 0.25) is 0 Å². The maximum atomic E-state index is 4.19. The first-order valence-electron chi connectivity index (χ1n) is 7.54. The molecule has 2 bridgehead atoms. The number of nitrogens with zero attached hydrogens (tertiary/aromatic N) is 1. The molecule has 3 aliphatic rings. The largest absolute Gasteiger partial charge is 0.310 e. The average molecular weight is 242 g/mol. The van der Waals surface area contributed by atoms with Crippen molar-refractivity contribution in [2.75, 3.05) is 0 Å². The van der Waals surface area contributed by atoms with Crippen molar-refractivity contribution in [3.63, 3.8) is 0 Å². The van der Waals surface area contributed by atoms with E-state index in [2.05, 4.69) is 16.4 Å². The lowest BCUT2D eigenvalue weighted by Crippen LogP contribution is -2.38. The van der Waals surface area contributed by atoms with Crippen molar-refractivity contribution in [3.8, 4) is 0 Å².